The molecule has 0 atom stereocenters. The lowest BCUT2D eigenvalue weighted by molar-refractivity contribution is 0.0170. The zero-order chi connectivity index (χ0) is 14.7. The third-order valence-electron chi connectivity index (χ3n) is 2.25. The van der Waals surface area contributed by atoms with Gasteiger partial charge in [-0.15, -0.1) is 0 Å². The first kappa shape index (κ1) is 15.7. The molecule has 0 unspecified atom stereocenters. The molecule has 19 heavy (non-hydrogen) atoms. The van der Waals surface area contributed by atoms with Crippen molar-refractivity contribution < 1.29 is 26.3 Å². The summed E-state index contributed by atoms with van der Waals surface area (Å²) < 4.78 is 68.6. The second-order valence-corrected chi connectivity index (χ2v) is 5.45. The highest BCUT2D eigenvalue weighted by molar-refractivity contribution is 7.89. The molecule has 108 valence electrons. The van der Waals surface area contributed by atoms with Crippen molar-refractivity contribution in [1.29, 1.82) is 0 Å². The van der Waals surface area contributed by atoms with Crippen molar-refractivity contribution >= 4 is 10.0 Å². The van der Waals surface area contributed by atoms with E-state index < -0.39 is 34.9 Å². The van der Waals surface area contributed by atoms with Crippen LogP contribution in [0.15, 0.2) is 23.1 Å². The summed E-state index contributed by atoms with van der Waals surface area (Å²) in [6.45, 7) is -2.12. The van der Waals surface area contributed by atoms with Gasteiger partial charge in [0, 0.05) is 6.07 Å². The molecule has 1 aromatic carbocycles. The van der Waals surface area contributed by atoms with Gasteiger partial charge in [0.25, 0.3) is 5.92 Å². The van der Waals surface area contributed by atoms with Crippen LogP contribution in [0.4, 0.5) is 13.2 Å². The van der Waals surface area contributed by atoms with Gasteiger partial charge in [-0.1, -0.05) is 0 Å². The summed E-state index contributed by atoms with van der Waals surface area (Å²) in [4.78, 5) is -0.376. The highest BCUT2D eigenvalue weighted by Gasteiger charge is 2.29. The van der Waals surface area contributed by atoms with Crippen molar-refractivity contribution in [3.8, 4) is 5.75 Å². The zero-order valence-corrected chi connectivity index (χ0v) is 10.8. The molecule has 5 nitrogen and oxygen atoms in total. The Hall–Kier alpha value is -1.32. The van der Waals surface area contributed by atoms with Crippen LogP contribution in [0.5, 0.6) is 5.75 Å². The molecule has 0 aliphatic heterocycles. The van der Waals surface area contributed by atoms with Crippen molar-refractivity contribution in [2.75, 3.05) is 20.2 Å². The SMILES string of the molecule is COc1cc(S(=O)(=O)NCC(F)(F)CN)ccc1F. The lowest BCUT2D eigenvalue weighted by Crippen LogP contribution is -2.41. The van der Waals surface area contributed by atoms with E-state index in [4.69, 9.17) is 5.73 Å². The summed E-state index contributed by atoms with van der Waals surface area (Å²) >= 11 is 0. The van der Waals surface area contributed by atoms with Gasteiger partial charge in [0.15, 0.2) is 11.6 Å². The Bertz CT molecular complexity index is 549. The van der Waals surface area contributed by atoms with Gasteiger partial charge < -0.3 is 10.5 Å². The van der Waals surface area contributed by atoms with Crippen molar-refractivity contribution in [1.82, 2.24) is 4.72 Å². The van der Waals surface area contributed by atoms with Gasteiger partial charge in [0.2, 0.25) is 10.0 Å². The number of hydrogen-bond donors (Lipinski definition) is 2. The van der Waals surface area contributed by atoms with Gasteiger partial charge in [-0.25, -0.2) is 26.3 Å². The molecule has 0 spiro atoms. The van der Waals surface area contributed by atoms with Crippen LogP contribution in [0.3, 0.4) is 0 Å². The number of nitrogens with two attached hydrogens (primary N) is 1. The molecule has 0 aromatic heterocycles. The average Bonchev–Trinajstić information content (AvgIpc) is 2.37. The van der Waals surface area contributed by atoms with Crippen LogP contribution in [0.2, 0.25) is 0 Å². The molecule has 0 bridgehead atoms. The molecular formula is C10H13F3N2O3S. The minimum atomic E-state index is -4.19. The lowest BCUT2D eigenvalue weighted by atomic mass is 10.3. The van der Waals surface area contributed by atoms with Gasteiger partial charge in [0.1, 0.15) is 0 Å². The quantitative estimate of drug-likeness (QED) is 0.810. The van der Waals surface area contributed by atoms with Crippen LogP contribution in [-0.4, -0.2) is 34.5 Å². The molecular weight excluding hydrogens is 285 g/mol. The summed E-state index contributed by atoms with van der Waals surface area (Å²) in [5.74, 6) is -4.40. The third kappa shape index (κ3) is 4.08. The van der Waals surface area contributed by atoms with E-state index in [1.165, 1.54) is 0 Å². The van der Waals surface area contributed by atoms with E-state index in [-0.39, 0.29) is 10.6 Å². The molecule has 0 saturated carbocycles. The topological polar surface area (TPSA) is 81.4 Å². The Balaban J connectivity index is 2.95. The van der Waals surface area contributed by atoms with Crippen LogP contribution < -0.4 is 15.2 Å². The molecule has 9 heteroatoms. The van der Waals surface area contributed by atoms with E-state index in [0.717, 1.165) is 25.3 Å². The van der Waals surface area contributed by atoms with E-state index in [2.05, 4.69) is 4.74 Å². The maximum atomic E-state index is 13.1. The average molecular weight is 298 g/mol. The number of nitrogens with one attached hydrogen (secondary N) is 1. The maximum Gasteiger partial charge on any atom is 0.273 e. The molecule has 0 saturated heterocycles. The summed E-state index contributed by atoms with van der Waals surface area (Å²) in [6, 6.07) is 2.72. The van der Waals surface area contributed by atoms with Gasteiger partial charge in [-0.05, 0) is 12.1 Å². The smallest absolute Gasteiger partial charge is 0.273 e. The standard InChI is InChI=1S/C10H13F3N2O3S/c1-18-9-4-7(2-3-8(9)11)19(16,17)15-6-10(12,13)5-14/h2-4,15H,5-6,14H2,1H3. The first-order valence-corrected chi connectivity index (χ1v) is 6.61. The van der Waals surface area contributed by atoms with Crippen molar-refractivity contribution in [2.24, 2.45) is 5.73 Å². The van der Waals surface area contributed by atoms with Gasteiger partial charge in [-0.3, -0.25) is 0 Å². The largest absolute Gasteiger partial charge is 0.494 e. The maximum absolute atomic E-state index is 13.1. The fourth-order valence-corrected chi connectivity index (χ4v) is 2.24. The Morgan fingerprint density at radius 1 is 1.42 bits per heavy atom. The minimum Gasteiger partial charge on any atom is -0.494 e. The number of ether oxygens (including phenoxy) is 1. The highest BCUT2D eigenvalue weighted by Crippen LogP contribution is 2.21. The summed E-state index contributed by atoms with van der Waals surface area (Å²) in [5.41, 5.74) is 4.79. The Labute approximate surface area is 108 Å². The van der Waals surface area contributed by atoms with Crippen molar-refractivity contribution in [3.63, 3.8) is 0 Å². The first-order chi connectivity index (χ1) is 8.72. The third-order valence-corrected chi connectivity index (χ3v) is 3.65. The summed E-state index contributed by atoms with van der Waals surface area (Å²) in [7, 11) is -3.03. The van der Waals surface area contributed by atoms with Crippen molar-refractivity contribution in [3.05, 3.63) is 24.0 Å². The van der Waals surface area contributed by atoms with E-state index >= 15 is 0 Å². The number of methoxy groups -OCH3 is 1. The number of alkyl halides is 2. The first-order valence-electron chi connectivity index (χ1n) is 5.13. The predicted molar refractivity (Wildman–Crippen MR) is 62.1 cm³/mol. The van der Waals surface area contributed by atoms with Crippen LogP contribution in [0, 0.1) is 5.82 Å². The second kappa shape index (κ2) is 5.76. The minimum absolute atomic E-state index is 0.298. The highest BCUT2D eigenvalue weighted by atomic mass is 32.2. The normalized spacial score (nSPS) is 12.5. The lowest BCUT2D eigenvalue weighted by Gasteiger charge is -2.15. The van der Waals surface area contributed by atoms with Gasteiger partial charge >= 0.3 is 0 Å². The summed E-state index contributed by atoms with van der Waals surface area (Å²) in [6.07, 6.45) is 0. The monoisotopic (exact) mass is 298 g/mol. The fourth-order valence-electron chi connectivity index (χ4n) is 1.16. The summed E-state index contributed by atoms with van der Waals surface area (Å²) in [5, 5.41) is 0. The molecule has 0 amide bonds. The molecule has 3 N–H and O–H groups in total. The predicted octanol–water partition coefficient (Wildman–Crippen LogP) is 0.707. The van der Waals surface area contributed by atoms with Crippen LogP contribution in [0.25, 0.3) is 0 Å². The number of sulfonamides is 1. The Morgan fingerprint density at radius 2 is 2.05 bits per heavy atom. The van der Waals surface area contributed by atoms with E-state index in [1.807, 2.05) is 0 Å². The van der Waals surface area contributed by atoms with E-state index in [9.17, 15) is 21.6 Å². The Kier molecular flexibility index (Phi) is 4.77. The van der Waals surface area contributed by atoms with Gasteiger partial charge in [-0.2, -0.15) is 0 Å². The fraction of sp³-hybridized carbons (Fsp3) is 0.400. The van der Waals surface area contributed by atoms with Gasteiger partial charge in [0.05, 0.1) is 25.1 Å². The molecule has 0 fully saturated rings. The van der Waals surface area contributed by atoms with Crippen LogP contribution in [0.1, 0.15) is 0 Å². The molecule has 0 heterocycles. The molecule has 0 aliphatic carbocycles. The number of hydrogen-bond acceptors (Lipinski definition) is 4. The van der Waals surface area contributed by atoms with Crippen molar-refractivity contribution in [2.45, 2.75) is 10.8 Å². The number of rotatable bonds is 6. The van der Waals surface area contributed by atoms with Crippen LogP contribution in [-0.2, 0) is 10.0 Å². The second-order valence-electron chi connectivity index (χ2n) is 3.68. The zero-order valence-electron chi connectivity index (χ0n) is 9.99. The molecule has 1 aromatic rings. The number of halogens is 3. The number of benzene rings is 1. The van der Waals surface area contributed by atoms with E-state index in [1.54, 1.807) is 4.72 Å². The molecule has 0 aliphatic rings. The van der Waals surface area contributed by atoms with E-state index in [0.29, 0.717) is 0 Å². The van der Waals surface area contributed by atoms with Crippen LogP contribution >= 0.6 is 0 Å². The Morgan fingerprint density at radius 3 is 2.58 bits per heavy atom. The molecule has 1 rings (SSSR count). The molecule has 0 radical (unpaired) electrons.